The Morgan fingerprint density at radius 1 is 1.23 bits per heavy atom. The Hall–Kier alpha value is -1.95. The molecule has 1 saturated carbocycles. The molecule has 2 aromatic heterocycles. The largest absolute Gasteiger partial charge is 0.298 e. The minimum atomic E-state index is -0.00452. The Bertz CT molecular complexity index is 873. The zero-order chi connectivity index (χ0) is 15.1. The van der Waals surface area contributed by atoms with E-state index in [0.717, 1.165) is 46.8 Å². The smallest absolute Gasteiger partial charge is 0.192 e. The van der Waals surface area contributed by atoms with Gasteiger partial charge in [0, 0.05) is 11.8 Å². The van der Waals surface area contributed by atoms with Crippen molar-refractivity contribution in [1.82, 2.24) is 19.6 Å². The zero-order valence-corrected chi connectivity index (χ0v) is 13.1. The molecule has 1 aromatic carbocycles. The Balaban J connectivity index is 1.86. The number of fused-ring (bicyclic) bond motifs is 3. The average Bonchev–Trinajstić information content (AvgIpc) is 2.92. The highest BCUT2D eigenvalue weighted by Gasteiger charge is 2.25. The molecule has 1 fully saturated rings. The van der Waals surface area contributed by atoms with Crippen LogP contribution in [0.15, 0.2) is 29.4 Å². The standard InChI is InChI=1S/C16H16N4OS/c1-10-17-15-11-6-2-3-7-12(11)18-16(20(15)19-10)22-14-9-5-4-8-13(14)21/h2-3,6-7,14H,4-5,8-9H2,1H3/t14-/m1/s1. The van der Waals surface area contributed by atoms with Gasteiger partial charge in [0.25, 0.3) is 0 Å². The van der Waals surface area contributed by atoms with Gasteiger partial charge in [0.1, 0.15) is 11.6 Å². The van der Waals surface area contributed by atoms with Crippen LogP contribution in [0.4, 0.5) is 0 Å². The van der Waals surface area contributed by atoms with Crippen molar-refractivity contribution in [2.24, 2.45) is 0 Å². The third kappa shape index (κ3) is 2.27. The number of Topliss-reactive ketones (excluding diaryl/α,β-unsaturated/α-hetero) is 1. The lowest BCUT2D eigenvalue weighted by molar-refractivity contribution is -0.119. The molecule has 1 aliphatic rings. The monoisotopic (exact) mass is 312 g/mol. The van der Waals surface area contributed by atoms with Crippen LogP contribution in [0.1, 0.15) is 31.5 Å². The molecular weight excluding hydrogens is 296 g/mol. The highest BCUT2D eigenvalue weighted by molar-refractivity contribution is 8.00. The number of hydrogen-bond donors (Lipinski definition) is 0. The number of ketones is 1. The predicted molar refractivity (Wildman–Crippen MR) is 86.1 cm³/mol. The molecule has 4 rings (SSSR count). The molecule has 22 heavy (non-hydrogen) atoms. The van der Waals surface area contributed by atoms with Crippen molar-refractivity contribution >= 4 is 34.1 Å². The average molecular weight is 312 g/mol. The number of thioether (sulfide) groups is 1. The van der Waals surface area contributed by atoms with Gasteiger partial charge in [-0.15, -0.1) is 5.10 Å². The first kappa shape index (κ1) is 13.7. The van der Waals surface area contributed by atoms with Crippen molar-refractivity contribution in [3.8, 4) is 0 Å². The quantitative estimate of drug-likeness (QED) is 0.680. The summed E-state index contributed by atoms with van der Waals surface area (Å²) in [5, 5.41) is 6.21. The second kappa shape index (κ2) is 5.35. The molecule has 0 radical (unpaired) electrons. The van der Waals surface area contributed by atoms with Gasteiger partial charge in [0.05, 0.1) is 10.8 Å². The maximum absolute atomic E-state index is 12.1. The lowest BCUT2D eigenvalue weighted by Crippen LogP contribution is -2.22. The van der Waals surface area contributed by atoms with E-state index >= 15 is 0 Å². The molecule has 0 unspecified atom stereocenters. The molecule has 0 spiro atoms. The Kier molecular flexibility index (Phi) is 3.33. The number of carbonyl (C=O) groups excluding carboxylic acids is 1. The van der Waals surface area contributed by atoms with E-state index in [2.05, 4.69) is 10.1 Å². The second-order valence-electron chi connectivity index (χ2n) is 5.62. The Morgan fingerprint density at radius 3 is 2.95 bits per heavy atom. The van der Waals surface area contributed by atoms with Gasteiger partial charge in [-0.1, -0.05) is 30.3 Å². The summed E-state index contributed by atoms with van der Waals surface area (Å²) >= 11 is 1.53. The second-order valence-corrected chi connectivity index (χ2v) is 6.79. The third-order valence-electron chi connectivity index (χ3n) is 4.00. The highest BCUT2D eigenvalue weighted by atomic mass is 32.2. The molecule has 0 amide bonds. The Labute approximate surface area is 132 Å². The number of carbonyl (C=O) groups is 1. The SMILES string of the molecule is Cc1nc2c3ccccc3nc(S[C@@H]3CCCCC3=O)n2n1. The van der Waals surface area contributed by atoms with Gasteiger partial charge < -0.3 is 0 Å². The lowest BCUT2D eigenvalue weighted by Gasteiger charge is -2.19. The summed E-state index contributed by atoms with van der Waals surface area (Å²) in [5.41, 5.74) is 1.71. The molecule has 5 nitrogen and oxygen atoms in total. The normalized spacial score (nSPS) is 19.1. The summed E-state index contributed by atoms with van der Waals surface area (Å²) in [6, 6.07) is 7.93. The van der Waals surface area contributed by atoms with Crippen molar-refractivity contribution < 1.29 is 4.79 Å². The summed E-state index contributed by atoms with van der Waals surface area (Å²) in [5.74, 6) is 1.05. The Morgan fingerprint density at radius 2 is 2.09 bits per heavy atom. The number of hydrogen-bond acceptors (Lipinski definition) is 5. The molecule has 0 N–H and O–H groups in total. The van der Waals surface area contributed by atoms with Gasteiger partial charge >= 0.3 is 0 Å². The number of aryl methyl sites for hydroxylation is 1. The molecule has 1 atom stereocenters. The van der Waals surface area contributed by atoms with Crippen LogP contribution < -0.4 is 0 Å². The van der Waals surface area contributed by atoms with Crippen molar-refractivity contribution in [2.45, 2.75) is 43.0 Å². The van der Waals surface area contributed by atoms with Gasteiger partial charge in [0.15, 0.2) is 10.8 Å². The van der Waals surface area contributed by atoms with Gasteiger partial charge in [-0.3, -0.25) is 4.79 Å². The molecule has 6 heteroatoms. The van der Waals surface area contributed by atoms with Crippen LogP contribution in [0.5, 0.6) is 0 Å². The van der Waals surface area contributed by atoms with Crippen LogP contribution in [0.2, 0.25) is 0 Å². The van der Waals surface area contributed by atoms with Gasteiger partial charge in [-0.25, -0.2) is 9.97 Å². The lowest BCUT2D eigenvalue weighted by atomic mass is 9.99. The van der Waals surface area contributed by atoms with Crippen LogP contribution in [-0.4, -0.2) is 30.6 Å². The maximum atomic E-state index is 12.1. The minimum absolute atomic E-state index is 0.00452. The molecule has 112 valence electrons. The number of aromatic nitrogens is 4. The molecular formula is C16H16N4OS. The number of benzene rings is 1. The van der Waals surface area contributed by atoms with Crippen LogP contribution in [0.25, 0.3) is 16.6 Å². The van der Waals surface area contributed by atoms with E-state index in [9.17, 15) is 4.79 Å². The van der Waals surface area contributed by atoms with Crippen LogP contribution >= 0.6 is 11.8 Å². The first-order valence-corrected chi connectivity index (χ1v) is 8.42. The third-order valence-corrected chi connectivity index (χ3v) is 5.26. The van der Waals surface area contributed by atoms with Crippen molar-refractivity contribution in [1.29, 1.82) is 0 Å². The van der Waals surface area contributed by atoms with Gasteiger partial charge in [0.2, 0.25) is 0 Å². The summed E-state index contributed by atoms with van der Waals surface area (Å²) in [6.45, 7) is 1.88. The fourth-order valence-electron chi connectivity index (χ4n) is 2.91. The number of para-hydroxylation sites is 1. The van der Waals surface area contributed by atoms with Gasteiger partial charge in [-0.05, 0) is 31.9 Å². The van der Waals surface area contributed by atoms with E-state index < -0.39 is 0 Å². The topological polar surface area (TPSA) is 60.2 Å². The number of nitrogens with zero attached hydrogens (tertiary/aromatic N) is 4. The highest BCUT2D eigenvalue weighted by Crippen LogP contribution is 2.32. The molecule has 1 aliphatic carbocycles. The fraction of sp³-hybridized carbons (Fsp3) is 0.375. The van der Waals surface area contributed by atoms with Crippen molar-refractivity contribution in [3.63, 3.8) is 0 Å². The summed E-state index contributed by atoms with van der Waals surface area (Å²) in [7, 11) is 0. The van der Waals surface area contributed by atoms with Crippen LogP contribution in [-0.2, 0) is 4.79 Å². The minimum Gasteiger partial charge on any atom is -0.298 e. The van der Waals surface area contributed by atoms with Crippen molar-refractivity contribution in [3.05, 3.63) is 30.1 Å². The van der Waals surface area contributed by atoms with E-state index in [1.165, 1.54) is 11.8 Å². The zero-order valence-electron chi connectivity index (χ0n) is 12.3. The first-order chi connectivity index (χ1) is 10.7. The summed E-state index contributed by atoms with van der Waals surface area (Å²) < 4.78 is 1.78. The molecule has 2 heterocycles. The first-order valence-electron chi connectivity index (χ1n) is 7.54. The van der Waals surface area contributed by atoms with E-state index in [-0.39, 0.29) is 5.25 Å². The van der Waals surface area contributed by atoms with Crippen LogP contribution in [0.3, 0.4) is 0 Å². The predicted octanol–water partition coefficient (Wildman–Crippen LogP) is 3.19. The maximum Gasteiger partial charge on any atom is 0.192 e. The molecule has 0 aliphatic heterocycles. The number of rotatable bonds is 2. The summed E-state index contributed by atoms with van der Waals surface area (Å²) in [6.07, 6.45) is 3.73. The van der Waals surface area contributed by atoms with Gasteiger partial charge in [-0.2, -0.15) is 4.52 Å². The summed E-state index contributed by atoms with van der Waals surface area (Å²) in [4.78, 5) is 21.4. The van der Waals surface area contributed by atoms with E-state index in [0.29, 0.717) is 12.2 Å². The van der Waals surface area contributed by atoms with E-state index in [1.54, 1.807) is 4.52 Å². The van der Waals surface area contributed by atoms with Crippen LogP contribution in [0, 0.1) is 6.92 Å². The molecule has 0 saturated heterocycles. The molecule has 3 aromatic rings. The fourth-order valence-corrected chi connectivity index (χ4v) is 4.08. The molecule has 0 bridgehead atoms. The van der Waals surface area contributed by atoms with Crippen molar-refractivity contribution in [2.75, 3.05) is 0 Å². The van der Waals surface area contributed by atoms with E-state index in [4.69, 9.17) is 4.98 Å². The van der Waals surface area contributed by atoms with E-state index in [1.807, 2.05) is 31.2 Å².